The number of likely N-dealkylation sites (tertiary alicyclic amines) is 1. The average Bonchev–Trinajstić information content (AvgIpc) is 2.44. The lowest BCUT2D eigenvalue weighted by Gasteiger charge is -2.30. The first-order valence-corrected chi connectivity index (χ1v) is 8.70. The molecule has 5 heteroatoms. The van der Waals surface area contributed by atoms with Gasteiger partial charge in [-0.25, -0.2) is 0 Å². The number of nitrogens with zero attached hydrogens (tertiary/aromatic N) is 1. The zero-order chi connectivity index (χ0) is 15.1. The summed E-state index contributed by atoms with van der Waals surface area (Å²) in [6.45, 7) is 7.64. The van der Waals surface area contributed by atoms with Crippen molar-refractivity contribution in [3.63, 3.8) is 0 Å². The van der Waals surface area contributed by atoms with Gasteiger partial charge in [-0.15, -0.1) is 0 Å². The first-order chi connectivity index (χ1) is 10.1. The lowest BCUT2D eigenvalue weighted by Crippen LogP contribution is -2.36. The Kier molecular flexibility index (Phi) is 7.30. The number of hydrogen-bond acceptors (Lipinski definition) is 3. The molecule has 1 saturated heterocycles. The number of benzene rings is 1. The summed E-state index contributed by atoms with van der Waals surface area (Å²) < 4.78 is 12.2. The largest absolute Gasteiger partial charge is 0.490 e. The van der Waals surface area contributed by atoms with E-state index in [4.69, 9.17) is 21.1 Å². The van der Waals surface area contributed by atoms with Crippen LogP contribution in [0.4, 0.5) is 0 Å². The van der Waals surface area contributed by atoms with Crippen LogP contribution < -0.4 is 4.74 Å². The Labute approximate surface area is 140 Å². The lowest BCUT2D eigenvalue weighted by atomic mass is 10.0. The van der Waals surface area contributed by atoms with Crippen LogP contribution in [0.15, 0.2) is 22.7 Å². The van der Waals surface area contributed by atoms with Crippen LogP contribution >= 0.6 is 27.5 Å². The SMILES string of the molecule is C[C@H]1CCCN(CCOCCOc2ccc(Br)cc2Cl)C1. The van der Waals surface area contributed by atoms with Crippen molar-refractivity contribution in [1.29, 1.82) is 0 Å². The molecular formula is C16H23BrClNO2. The molecule has 0 amide bonds. The fourth-order valence-electron chi connectivity index (χ4n) is 2.59. The molecule has 2 rings (SSSR count). The van der Waals surface area contributed by atoms with E-state index in [-0.39, 0.29) is 0 Å². The van der Waals surface area contributed by atoms with E-state index in [1.807, 2.05) is 18.2 Å². The van der Waals surface area contributed by atoms with Gasteiger partial charge in [0.05, 0.1) is 18.2 Å². The van der Waals surface area contributed by atoms with Crippen molar-refractivity contribution in [2.75, 3.05) is 39.5 Å². The van der Waals surface area contributed by atoms with Crippen molar-refractivity contribution < 1.29 is 9.47 Å². The summed E-state index contributed by atoms with van der Waals surface area (Å²) in [5, 5.41) is 0.617. The molecule has 1 atom stereocenters. The predicted molar refractivity (Wildman–Crippen MR) is 90.3 cm³/mol. The van der Waals surface area contributed by atoms with Crippen LogP contribution in [0.5, 0.6) is 5.75 Å². The Bertz CT molecular complexity index is 444. The third kappa shape index (κ3) is 6.15. The molecule has 1 aromatic rings. The van der Waals surface area contributed by atoms with E-state index in [0.29, 0.717) is 24.0 Å². The zero-order valence-electron chi connectivity index (χ0n) is 12.5. The van der Waals surface area contributed by atoms with Gasteiger partial charge in [-0.2, -0.15) is 0 Å². The van der Waals surface area contributed by atoms with Crippen LogP contribution in [0.2, 0.25) is 5.02 Å². The van der Waals surface area contributed by atoms with E-state index in [1.165, 1.54) is 25.9 Å². The monoisotopic (exact) mass is 375 g/mol. The third-order valence-corrected chi connectivity index (χ3v) is 4.46. The molecule has 0 unspecified atom stereocenters. The highest BCUT2D eigenvalue weighted by atomic mass is 79.9. The minimum atomic E-state index is 0.526. The summed E-state index contributed by atoms with van der Waals surface area (Å²) in [5.41, 5.74) is 0. The summed E-state index contributed by atoms with van der Waals surface area (Å²) in [4.78, 5) is 2.49. The molecule has 0 saturated carbocycles. The highest BCUT2D eigenvalue weighted by Crippen LogP contribution is 2.27. The topological polar surface area (TPSA) is 21.7 Å². The van der Waals surface area contributed by atoms with Gasteiger partial charge < -0.3 is 14.4 Å². The number of hydrogen-bond donors (Lipinski definition) is 0. The smallest absolute Gasteiger partial charge is 0.138 e. The van der Waals surface area contributed by atoms with E-state index >= 15 is 0 Å². The molecule has 3 nitrogen and oxygen atoms in total. The first-order valence-electron chi connectivity index (χ1n) is 7.53. The van der Waals surface area contributed by atoms with E-state index in [9.17, 15) is 0 Å². The number of halogens is 2. The Hall–Kier alpha value is -0.290. The number of piperidine rings is 1. The fraction of sp³-hybridized carbons (Fsp3) is 0.625. The minimum absolute atomic E-state index is 0.526. The lowest BCUT2D eigenvalue weighted by molar-refractivity contribution is 0.0689. The van der Waals surface area contributed by atoms with Crippen LogP contribution in [0.25, 0.3) is 0 Å². The number of rotatable bonds is 7. The Morgan fingerprint density at radius 3 is 2.95 bits per heavy atom. The van der Waals surface area contributed by atoms with Crippen molar-refractivity contribution in [2.24, 2.45) is 5.92 Å². The summed E-state index contributed by atoms with van der Waals surface area (Å²) in [6.07, 6.45) is 2.67. The molecule has 0 aliphatic carbocycles. The van der Waals surface area contributed by atoms with Crippen molar-refractivity contribution in [1.82, 2.24) is 4.90 Å². The molecule has 1 fully saturated rings. The van der Waals surface area contributed by atoms with Gasteiger partial charge in [-0.3, -0.25) is 0 Å². The second kappa shape index (κ2) is 8.99. The van der Waals surface area contributed by atoms with Crippen LogP contribution in [0.1, 0.15) is 19.8 Å². The molecule has 1 aromatic carbocycles. The van der Waals surface area contributed by atoms with Gasteiger partial charge in [-0.1, -0.05) is 34.5 Å². The molecule has 0 radical (unpaired) electrons. The van der Waals surface area contributed by atoms with Gasteiger partial charge in [0.1, 0.15) is 12.4 Å². The molecule has 1 aliphatic heterocycles. The summed E-state index contributed by atoms with van der Waals surface area (Å²) >= 11 is 9.45. The predicted octanol–water partition coefficient (Wildman–Crippen LogP) is 4.23. The summed E-state index contributed by atoms with van der Waals surface area (Å²) in [6, 6.07) is 5.61. The fourth-order valence-corrected chi connectivity index (χ4v) is 3.32. The standard InChI is InChI=1S/C16H23BrClNO2/c1-13-3-2-6-19(12-13)7-8-20-9-10-21-16-5-4-14(17)11-15(16)18/h4-5,11,13H,2-3,6-10,12H2,1H3/t13-/m0/s1. The van der Waals surface area contributed by atoms with Crippen LogP contribution in [-0.2, 0) is 4.74 Å². The van der Waals surface area contributed by atoms with Gasteiger partial charge in [0, 0.05) is 17.6 Å². The maximum absolute atomic E-state index is 6.08. The average molecular weight is 377 g/mol. The Balaban J connectivity index is 1.55. The number of ether oxygens (including phenoxy) is 2. The highest BCUT2D eigenvalue weighted by Gasteiger charge is 2.15. The normalized spacial score (nSPS) is 19.7. The third-order valence-electron chi connectivity index (χ3n) is 3.67. The minimum Gasteiger partial charge on any atom is -0.490 e. The molecule has 0 bridgehead atoms. The van der Waals surface area contributed by atoms with Gasteiger partial charge in [0.2, 0.25) is 0 Å². The maximum atomic E-state index is 6.08. The van der Waals surface area contributed by atoms with E-state index in [1.54, 1.807) is 0 Å². The second-order valence-corrected chi connectivity index (χ2v) is 6.91. The van der Waals surface area contributed by atoms with Gasteiger partial charge >= 0.3 is 0 Å². The molecule has 0 spiro atoms. The molecule has 1 heterocycles. The van der Waals surface area contributed by atoms with Crippen LogP contribution in [0.3, 0.4) is 0 Å². The van der Waals surface area contributed by atoms with Crippen LogP contribution in [0, 0.1) is 5.92 Å². The van der Waals surface area contributed by atoms with Crippen molar-refractivity contribution >= 4 is 27.5 Å². The molecule has 1 aliphatic rings. The van der Waals surface area contributed by atoms with Crippen molar-refractivity contribution in [3.05, 3.63) is 27.7 Å². The van der Waals surface area contributed by atoms with E-state index < -0.39 is 0 Å². The van der Waals surface area contributed by atoms with E-state index in [2.05, 4.69) is 27.8 Å². The molecule has 118 valence electrons. The maximum Gasteiger partial charge on any atom is 0.138 e. The molecular weight excluding hydrogens is 354 g/mol. The van der Waals surface area contributed by atoms with Gasteiger partial charge in [-0.05, 0) is 43.5 Å². The Morgan fingerprint density at radius 1 is 1.33 bits per heavy atom. The van der Waals surface area contributed by atoms with Crippen LogP contribution in [-0.4, -0.2) is 44.4 Å². The summed E-state index contributed by atoms with van der Waals surface area (Å²) in [7, 11) is 0. The Morgan fingerprint density at radius 2 is 2.19 bits per heavy atom. The molecule has 0 N–H and O–H groups in total. The van der Waals surface area contributed by atoms with Crippen molar-refractivity contribution in [3.8, 4) is 5.75 Å². The first kappa shape index (κ1) is 17.1. The van der Waals surface area contributed by atoms with Crippen molar-refractivity contribution in [2.45, 2.75) is 19.8 Å². The zero-order valence-corrected chi connectivity index (χ0v) is 14.8. The highest BCUT2D eigenvalue weighted by molar-refractivity contribution is 9.10. The molecule has 0 aromatic heterocycles. The quantitative estimate of drug-likeness (QED) is 0.665. The van der Waals surface area contributed by atoms with Gasteiger partial charge in [0.25, 0.3) is 0 Å². The van der Waals surface area contributed by atoms with Gasteiger partial charge in [0.15, 0.2) is 0 Å². The van der Waals surface area contributed by atoms with E-state index in [0.717, 1.165) is 23.5 Å². The second-order valence-electron chi connectivity index (χ2n) is 5.58. The molecule has 21 heavy (non-hydrogen) atoms. The summed E-state index contributed by atoms with van der Waals surface area (Å²) in [5.74, 6) is 1.52.